The number of ether oxygens (including phenoxy) is 2. The zero-order chi connectivity index (χ0) is 9.98. The van der Waals surface area contributed by atoms with Gasteiger partial charge in [0, 0.05) is 13.2 Å². The summed E-state index contributed by atoms with van der Waals surface area (Å²) in [6.45, 7) is 5.67. The molecule has 0 aromatic carbocycles. The lowest BCUT2D eigenvalue weighted by Gasteiger charge is -1.86. The minimum absolute atomic E-state index is 0.844. The molecule has 0 aliphatic rings. The van der Waals surface area contributed by atoms with Crippen molar-refractivity contribution in [2.75, 3.05) is 13.2 Å². The van der Waals surface area contributed by atoms with Gasteiger partial charge in [-0.15, -0.1) is 0 Å². The summed E-state index contributed by atoms with van der Waals surface area (Å²) in [6.07, 6.45) is -3.62. The van der Waals surface area contributed by atoms with Gasteiger partial charge in [-0.25, -0.2) is 9.59 Å². The average Bonchev–Trinajstić information content (AvgIpc) is 1.87. The van der Waals surface area contributed by atoms with Gasteiger partial charge in [-0.2, -0.15) is 0 Å². The van der Waals surface area contributed by atoms with Crippen LogP contribution >= 0.6 is 0 Å². The fraction of sp³-hybridized carbons (Fsp3) is 0.667. The largest absolute Gasteiger partial charge is 0.516 e. The van der Waals surface area contributed by atoms with Crippen LogP contribution in [0.3, 0.4) is 0 Å². The van der Waals surface area contributed by atoms with E-state index in [9.17, 15) is 9.59 Å². The minimum Gasteiger partial charge on any atom is -0.449 e. The van der Waals surface area contributed by atoms with E-state index < -0.39 is 12.3 Å². The summed E-state index contributed by atoms with van der Waals surface area (Å²) in [5.41, 5.74) is 0. The van der Waals surface area contributed by atoms with Crippen molar-refractivity contribution in [1.29, 1.82) is 0 Å². The van der Waals surface area contributed by atoms with Crippen LogP contribution in [0.5, 0.6) is 0 Å². The molecule has 0 saturated carbocycles. The molecule has 72 valence electrons. The molecule has 0 aliphatic carbocycles. The number of hydrogen-bond acceptors (Lipinski definition) is 4. The SMILES string of the molecule is CCOCC.O=C(O)OC(=O)O. The Morgan fingerprint density at radius 3 is 1.42 bits per heavy atom. The Balaban J connectivity index is 0. The maximum Gasteiger partial charge on any atom is 0.516 e. The van der Waals surface area contributed by atoms with Gasteiger partial charge in [-0.3, -0.25) is 0 Å². The normalized spacial score (nSPS) is 7.83. The van der Waals surface area contributed by atoms with Crippen LogP contribution in [0.1, 0.15) is 13.8 Å². The topological polar surface area (TPSA) is 93.1 Å². The highest BCUT2D eigenvalue weighted by Gasteiger charge is 2.01. The summed E-state index contributed by atoms with van der Waals surface area (Å²) in [7, 11) is 0. The van der Waals surface area contributed by atoms with E-state index in [1.807, 2.05) is 13.8 Å². The van der Waals surface area contributed by atoms with Gasteiger partial charge < -0.3 is 19.7 Å². The lowest BCUT2D eigenvalue weighted by atomic mass is 10.8. The fourth-order valence-corrected chi connectivity index (χ4v) is 0.279. The van der Waals surface area contributed by atoms with E-state index in [1.165, 1.54) is 0 Å². The first-order valence-electron chi connectivity index (χ1n) is 3.26. The maximum absolute atomic E-state index is 9.21. The van der Waals surface area contributed by atoms with Crippen LogP contribution < -0.4 is 0 Å². The monoisotopic (exact) mass is 180 g/mol. The highest BCUT2D eigenvalue weighted by Crippen LogP contribution is 1.73. The van der Waals surface area contributed by atoms with Crippen LogP contribution in [0.2, 0.25) is 0 Å². The molecule has 0 fully saturated rings. The molecule has 2 N–H and O–H groups in total. The summed E-state index contributed by atoms with van der Waals surface area (Å²) in [6, 6.07) is 0. The highest BCUT2D eigenvalue weighted by molar-refractivity contribution is 5.74. The van der Waals surface area contributed by atoms with Crippen molar-refractivity contribution in [2.24, 2.45) is 0 Å². The average molecular weight is 180 g/mol. The molecule has 0 unspecified atom stereocenters. The Hall–Kier alpha value is -1.30. The third kappa shape index (κ3) is 23.4. The van der Waals surface area contributed by atoms with Crippen molar-refractivity contribution in [3.63, 3.8) is 0 Å². The van der Waals surface area contributed by atoms with E-state index in [1.54, 1.807) is 0 Å². The number of carboxylic acid groups (broad SMARTS) is 2. The van der Waals surface area contributed by atoms with Gasteiger partial charge in [0.25, 0.3) is 0 Å². The highest BCUT2D eigenvalue weighted by atomic mass is 16.7. The fourth-order valence-electron chi connectivity index (χ4n) is 0.279. The van der Waals surface area contributed by atoms with Gasteiger partial charge in [-0.05, 0) is 13.8 Å². The van der Waals surface area contributed by atoms with E-state index in [0.717, 1.165) is 13.2 Å². The Morgan fingerprint density at radius 2 is 1.42 bits per heavy atom. The van der Waals surface area contributed by atoms with E-state index in [-0.39, 0.29) is 0 Å². The minimum atomic E-state index is -1.81. The Morgan fingerprint density at radius 1 is 1.08 bits per heavy atom. The first-order chi connectivity index (χ1) is 5.54. The van der Waals surface area contributed by atoms with Gasteiger partial charge in [-0.1, -0.05) is 0 Å². The van der Waals surface area contributed by atoms with Crippen molar-refractivity contribution in [1.82, 2.24) is 0 Å². The third-order valence-corrected chi connectivity index (χ3v) is 0.583. The van der Waals surface area contributed by atoms with Gasteiger partial charge in [0.15, 0.2) is 0 Å². The molecule has 0 spiro atoms. The van der Waals surface area contributed by atoms with E-state index in [0.29, 0.717) is 0 Å². The molecular formula is C6H12O6. The smallest absolute Gasteiger partial charge is 0.449 e. The summed E-state index contributed by atoms with van der Waals surface area (Å²) in [5, 5.41) is 15.0. The maximum atomic E-state index is 9.21. The molecule has 0 atom stereocenters. The lowest BCUT2D eigenvalue weighted by molar-refractivity contribution is 0.0802. The van der Waals surface area contributed by atoms with Gasteiger partial charge in [0.05, 0.1) is 0 Å². The van der Waals surface area contributed by atoms with Crippen LogP contribution in [0.15, 0.2) is 0 Å². The van der Waals surface area contributed by atoms with Gasteiger partial charge >= 0.3 is 12.3 Å². The van der Waals surface area contributed by atoms with E-state index >= 15 is 0 Å². The van der Waals surface area contributed by atoms with Crippen LogP contribution in [0.4, 0.5) is 9.59 Å². The second-order valence-corrected chi connectivity index (χ2v) is 1.42. The first-order valence-corrected chi connectivity index (χ1v) is 3.26. The molecule has 6 nitrogen and oxygen atoms in total. The van der Waals surface area contributed by atoms with Crippen molar-refractivity contribution < 1.29 is 29.3 Å². The standard InChI is InChI=1S/C4H10O.C2H2O5/c1-3-5-4-2;3-1(4)7-2(5)6/h3-4H2,1-2H3;(H,3,4)(H,5,6). The van der Waals surface area contributed by atoms with Crippen LogP contribution in [0.25, 0.3) is 0 Å². The summed E-state index contributed by atoms with van der Waals surface area (Å²) in [4.78, 5) is 18.4. The molecule has 0 bridgehead atoms. The van der Waals surface area contributed by atoms with Crippen molar-refractivity contribution >= 4 is 12.3 Å². The van der Waals surface area contributed by atoms with E-state index in [2.05, 4.69) is 4.74 Å². The molecule has 6 heteroatoms. The molecule has 0 radical (unpaired) electrons. The quantitative estimate of drug-likeness (QED) is 0.492. The Kier molecular flexibility index (Phi) is 10.8. The molecule has 0 heterocycles. The number of carbonyl (C=O) groups is 2. The van der Waals surface area contributed by atoms with Crippen molar-refractivity contribution in [3.8, 4) is 0 Å². The number of hydrogen-bond donors (Lipinski definition) is 2. The number of rotatable bonds is 2. The second kappa shape index (κ2) is 9.70. The predicted octanol–water partition coefficient (Wildman–Crippen LogP) is 1.40. The van der Waals surface area contributed by atoms with Gasteiger partial charge in [0.1, 0.15) is 0 Å². The Labute approximate surface area is 69.7 Å². The van der Waals surface area contributed by atoms with Crippen LogP contribution in [-0.4, -0.2) is 35.7 Å². The molecule has 12 heavy (non-hydrogen) atoms. The first kappa shape index (κ1) is 13.3. The van der Waals surface area contributed by atoms with Crippen LogP contribution in [-0.2, 0) is 9.47 Å². The molecule has 0 aliphatic heterocycles. The second-order valence-electron chi connectivity index (χ2n) is 1.42. The molecule has 0 aromatic rings. The molecule has 0 saturated heterocycles. The summed E-state index contributed by atoms with van der Waals surface area (Å²) >= 11 is 0. The zero-order valence-corrected chi connectivity index (χ0v) is 6.94. The molecule has 0 aromatic heterocycles. The predicted molar refractivity (Wildman–Crippen MR) is 39.3 cm³/mol. The lowest BCUT2D eigenvalue weighted by Crippen LogP contribution is -2.05. The van der Waals surface area contributed by atoms with Crippen molar-refractivity contribution in [3.05, 3.63) is 0 Å². The summed E-state index contributed by atoms with van der Waals surface area (Å²) in [5.74, 6) is 0. The molecule has 0 rings (SSSR count). The van der Waals surface area contributed by atoms with Crippen molar-refractivity contribution in [2.45, 2.75) is 13.8 Å². The molecule has 0 amide bonds. The zero-order valence-electron chi connectivity index (χ0n) is 6.94. The van der Waals surface area contributed by atoms with Gasteiger partial charge in [0.2, 0.25) is 0 Å². The third-order valence-electron chi connectivity index (χ3n) is 0.583. The Bertz CT molecular complexity index is 118. The van der Waals surface area contributed by atoms with E-state index in [4.69, 9.17) is 14.9 Å². The summed E-state index contributed by atoms with van der Waals surface area (Å²) < 4.78 is 7.92. The van der Waals surface area contributed by atoms with Crippen LogP contribution in [0, 0.1) is 0 Å². The molecular weight excluding hydrogens is 168 g/mol.